The summed E-state index contributed by atoms with van der Waals surface area (Å²) in [6.45, 7) is 8.06. The quantitative estimate of drug-likeness (QED) is 0.155. The minimum atomic E-state index is -1.01. The summed E-state index contributed by atoms with van der Waals surface area (Å²) in [5.41, 5.74) is 15.3. The zero-order valence-electron chi connectivity index (χ0n) is 19.9. The number of nitrogens with two attached hydrogens (primary N) is 1. The topological polar surface area (TPSA) is 49.9 Å². The first kappa shape index (κ1) is 23.4. The van der Waals surface area contributed by atoms with E-state index < -0.39 is 5.97 Å². The second-order valence-corrected chi connectivity index (χ2v) is 9.03. The molecule has 1 saturated carbocycles. The highest BCUT2D eigenvalue weighted by Gasteiger charge is 2.31. The maximum Gasteiger partial charge on any atom is 0.214 e. The fourth-order valence-electron chi connectivity index (χ4n) is 4.29. The van der Waals surface area contributed by atoms with Crippen LogP contribution >= 0.6 is 0 Å². The molecule has 3 aromatic rings. The number of anilines is 1. The molecule has 4 rings (SSSR count). The van der Waals surface area contributed by atoms with Gasteiger partial charge in [-0.15, -0.1) is 0 Å². The Morgan fingerprint density at radius 1 is 1.03 bits per heavy atom. The Bertz CT molecular complexity index is 1290. The monoisotopic (exact) mass is 450 g/mol. The Labute approximate surface area is 201 Å². The zero-order valence-corrected chi connectivity index (χ0v) is 19.9. The summed E-state index contributed by atoms with van der Waals surface area (Å²) in [6, 6.07) is 22.5. The van der Waals surface area contributed by atoms with Crippen molar-refractivity contribution in [1.82, 2.24) is 0 Å². The van der Waals surface area contributed by atoms with Crippen LogP contribution in [0.4, 0.5) is 10.1 Å². The normalized spacial score (nSPS) is 14.2. The van der Waals surface area contributed by atoms with Crippen molar-refractivity contribution in [3.05, 3.63) is 118 Å². The molecular formula is C31H31FN2. The molecule has 1 fully saturated rings. The minimum Gasteiger partial charge on any atom is -0.398 e. The van der Waals surface area contributed by atoms with Crippen LogP contribution in [0.5, 0.6) is 0 Å². The molecule has 2 nitrogen and oxygen atoms in total. The molecule has 0 aromatic heterocycles. The lowest BCUT2D eigenvalue weighted by Crippen LogP contribution is -2.03. The average molecular weight is 451 g/mol. The third-order valence-electron chi connectivity index (χ3n) is 6.24. The van der Waals surface area contributed by atoms with E-state index in [1.165, 1.54) is 16.7 Å². The third kappa shape index (κ3) is 5.26. The van der Waals surface area contributed by atoms with Crippen LogP contribution in [-0.2, 0) is 6.42 Å². The summed E-state index contributed by atoms with van der Waals surface area (Å²) < 4.78 is 14.0. The Hall–Kier alpha value is -3.72. The summed E-state index contributed by atoms with van der Waals surface area (Å²) in [6.07, 6.45) is 7.28. The second kappa shape index (κ2) is 10.0. The highest BCUT2D eigenvalue weighted by Crippen LogP contribution is 2.48. The van der Waals surface area contributed by atoms with Gasteiger partial charge in [-0.25, -0.2) is 0 Å². The number of hydrogen-bond acceptors (Lipinski definition) is 2. The first-order valence-corrected chi connectivity index (χ1v) is 11.8. The van der Waals surface area contributed by atoms with Gasteiger partial charge in [0.15, 0.2) is 0 Å². The molecule has 0 amide bonds. The molecule has 0 spiro atoms. The molecule has 34 heavy (non-hydrogen) atoms. The minimum absolute atomic E-state index is 0.133. The predicted octanol–water partition coefficient (Wildman–Crippen LogP) is 8.08. The number of rotatable bonds is 8. The van der Waals surface area contributed by atoms with E-state index in [1.807, 2.05) is 25.1 Å². The number of benzene rings is 3. The lowest BCUT2D eigenvalue weighted by molar-refractivity contribution is 0.798. The highest BCUT2D eigenvalue weighted by atomic mass is 19.1. The first-order chi connectivity index (χ1) is 16.4. The molecule has 3 N–H and O–H groups in total. The smallest absolute Gasteiger partial charge is 0.214 e. The van der Waals surface area contributed by atoms with Gasteiger partial charge in [0.1, 0.15) is 0 Å². The Morgan fingerprint density at radius 3 is 2.35 bits per heavy atom. The van der Waals surface area contributed by atoms with Crippen molar-refractivity contribution in [1.29, 1.82) is 5.41 Å². The van der Waals surface area contributed by atoms with Crippen molar-refractivity contribution in [3.63, 3.8) is 0 Å². The molecule has 0 aliphatic heterocycles. The molecule has 1 aliphatic carbocycles. The highest BCUT2D eigenvalue weighted by molar-refractivity contribution is 6.03. The Morgan fingerprint density at radius 2 is 1.74 bits per heavy atom. The van der Waals surface area contributed by atoms with Crippen molar-refractivity contribution in [2.75, 3.05) is 5.73 Å². The van der Waals surface area contributed by atoms with Gasteiger partial charge in [-0.2, -0.15) is 4.39 Å². The molecule has 0 heterocycles. The zero-order chi connectivity index (χ0) is 24.2. The van der Waals surface area contributed by atoms with Gasteiger partial charge in [0.25, 0.3) is 0 Å². The van der Waals surface area contributed by atoms with Crippen LogP contribution in [0.2, 0.25) is 0 Å². The van der Waals surface area contributed by atoms with E-state index in [0.29, 0.717) is 5.92 Å². The largest absolute Gasteiger partial charge is 0.398 e. The molecule has 0 radical (unpaired) electrons. The number of nitrogens with one attached hydrogen (secondary N) is 1. The molecular weight excluding hydrogens is 419 g/mol. The van der Waals surface area contributed by atoms with Crippen molar-refractivity contribution in [2.24, 2.45) is 5.92 Å². The van der Waals surface area contributed by atoms with Crippen LogP contribution in [-0.4, -0.2) is 5.97 Å². The Balaban J connectivity index is 1.95. The van der Waals surface area contributed by atoms with Gasteiger partial charge in [-0.05, 0) is 83.2 Å². The molecule has 0 bridgehead atoms. The van der Waals surface area contributed by atoms with E-state index in [4.69, 9.17) is 11.1 Å². The molecule has 0 unspecified atom stereocenters. The summed E-state index contributed by atoms with van der Waals surface area (Å²) >= 11 is 0. The van der Waals surface area contributed by atoms with Crippen LogP contribution in [0.15, 0.2) is 85.0 Å². The van der Waals surface area contributed by atoms with Gasteiger partial charge >= 0.3 is 0 Å². The lowest BCUT2D eigenvalue weighted by Gasteiger charge is -2.19. The van der Waals surface area contributed by atoms with E-state index in [2.05, 4.69) is 62.0 Å². The van der Waals surface area contributed by atoms with Gasteiger partial charge in [0, 0.05) is 5.69 Å². The molecule has 1 aliphatic rings. The molecule has 3 aromatic carbocycles. The van der Waals surface area contributed by atoms with E-state index in [0.717, 1.165) is 47.1 Å². The first-order valence-electron chi connectivity index (χ1n) is 11.8. The third-order valence-corrected chi connectivity index (χ3v) is 6.24. The van der Waals surface area contributed by atoms with Crippen LogP contribution < -0.4 is 5.73 Å². The number of halogens is 1. The molecule has 172 valence electrons. The van der Waals surface area contributed by atoms with Gasteiger partial charge in [0.05, 0.1) is 5.56 Å². The van der Waals surface area contributed by atoms with Gasteiger partial charge in [-0.1, -0.05) is 85.8 Å². The van der Waals surface area contributed by atoms with Gasteiger partial charge in [-0.3, -0.25) is 5.41 Å². The summed E-state index contributed by atoms with van der Waals surface area (Å²) in [5, 5.41) is 7.57. The second-order valence-electron chi connectivity index (χ2n) is 9.03. The summed E-state index contributed by atoms with van der Waals surface area (Å²) in [7, 11) is 0. The molecule has 0 atom stereocenters. The molecule has 3 heteroatoms. The number of nitrogen functional groups attached to an aromatic ring is 1. The van der Waals surface area contributed by atoms with Crippen LogP contribution in [0, 0.1) is 11.3 Å². The standard InChI is InChI=1S/C31H31FN2/c1-4-21-6-5-7-25(18-21)29(24-14-15-24)30(26-16-17-28(33)27(19-26)31(32)34)23-12-10-22(11-13-23)9-8-20(2)3/h5-13,16-19,24,34H,2,4,14-15,33H2,1,3H3/b9-8+,30-29+,34-31?. The van der Waals surface area contributed by atoms with E-state index in [9.17, 15) is 4.39 Å². The summed E-state index contributed by atoms with van der Waals surface area (Å²) in [4.78, 5) is 0. The maximum absolute atomic E-state index is 14.0. The number of allylic oxidation sites excluding steroid dienone is 3. The fourth-order valence-corrected chi connectivity index (χ4v) is 4.29. The van der Waals surface area contributed by atoms with Gasteiger partial charge < -0.3 is 5.73 Å². The SMILES string of the molecule is C=C(C)/C=C/c1ccc(/C(=C(\c2cccc(CC)c2)C2CC2)c2ccc(N)c(C(=N)F)c2)cc1. The van der Waals surface area contributed by atoms with E-state index in [1.54, 1.807) is 12.1 Å². The lowest BCUT2D eigenvalue weighted by atomic mass is 9.85. The van der Waals surface area contributed by atoms with Crippen LogP contribution in [0.3, 0.4) is 0 Å². The van der Waals surface area contributed by atoms with E-state index >= 15 is 0 Å². The van der Waals surface area contributed by atoms with Crippen molar-refractivity contribution >= 4 is 28.9 Å². The number of hydrogen-bond donors (Lipinski definition) is 2. The maximum atomic E-state index is 14.0. The Kier molecular flexibility index (Phi) is 6.93. The number of aryl methyl sites for hydroxylation is 1. The van der Waals surface area contributed by atoms with Crippen molar-refractivity contribution in [3.8, 4) is 0 Å². The average Bonchev–Trinajstić information content (AvgIpc) is 3.67. The van der Waals surface area contributed by atoms with Gasteiger partial charge in [0.2, 0.25) is 5.97 Å². The van der Waals surface area contributed by atoms with Crippen molar-refractivity contribution < 1.29 is 4.39 Å². The molecule has 0 saturated heterocycles. The van der Waals surface area contributed by atoms with Crippen LogP contribution in [0.1, 0.15) is 60.1 Å². The predicted molar refractivity (Wildman–Crippen MR) is 144 cm³/mol. The fraction of sp³-hybridized carbons (Fsp3) is 0.194. The summed E-state index contributed by atoms with van der Waals surface area (Å²) in [5.74, 6) is -0.559. The van der Waals surface area contributed by atoms with Crippen LogP contribution in [0.25, 0.3) is 17.2 Å². The van der Waals surface area contributed by atoms with Crippen molar-refractivity contribution in [2.45, 2.75) is 33.1 Å². The van der Waals surface area contributed by atoms with E-state index in [-0.39, 0.29) is 11.3 Å².